The van der Waals surface area contributed by atoms with Crippen molar-refractivity contribution in [1.29, 1.82) is 5.26 Å². The summed E-state index contributed by atoms with van der Waals surface area (Å²) in [6.45, 7) is 7.07. The first-order chi connectivity index (χ1) is 19.2. The number of hydrogen-bond donors (Lipinski definition) is 0. The zero-order valence-corrected chi connectivity index (χ0v) is 22.2. The van der Waals surface area contributed by atoms with Crippen LogP contribution in [0.5, 0.6) is 0 Å². The Morgan fingerprint density at radius 2 is 1.82 bits per heavy atom. The predicted octanol–water partition coefficient (Wildman–Crippen LogP) is 5.24. The number of nitriles is 1. The molecule has 0 atom stereocenters. The van der Waals surface area contributed by atoms with Gasteiger partial charge in [-0.1, -0.05) is 24.3 Å². The van der Waals surface area contributed by atoms with Crippen molar-refractivity contribution in [2.45, 2.75) is 32.9 Å². The molecule has 8 nitrogen and oxygen atoms in total. The van der Waals surface area contributed by atoms with E-state index < -0.39 is 11.4 Å². The van der Waals surface area contributed by atoms with Crippen molar-refractivity contribution in [3.05, 3.63) is 89.2 Å². The molecule has 200 valence electrons. The fourth-order valence-electron chi connectivity index (χ4n) is 5.22. The van der Waals surface area contributed by atoms with Crippen molar-refractivity contribution in [2.24, 2.45) is 4.99 Å². The van der Waals surface area contributed by atoms with Gasteiger partial charge >= 0.3 is 0 Å². The van der Waals surface area contributed by atoms with Crippen molar-refractivity contribution in [3.63, 3.8) is 0 Å². The second kappa shape index (κ2) is 9.38. The number of amides is 1. The van der Waals surface area contributed by atoms with Gasteiger partial charge in [-0.05, 0) is 56.7 Å². The number of pyridine rings is 1. The van der Waals surface area contributed by atoms with Crippen LogP contribution < -0.4 is 4.90 Å². The number of aliphatic imine (C=N–C) groups is 1. The van der Waals surface area contributed by atoms with E-state index in [1.807, 2.05) is 30.2 Å². The van der Waals surface area contributed by atoms with Gasteiger partial charge in [0.25, 0.3) is 5.91 Å². The van der Waals surface area contributed by atoms with Crippen LogP contribution in [0.3, 0.4) is 0 Å². The van der Waals surface area contributed by atoms with Crippen LogP contribution in [0.2, 0.25) is 0 Å². The largest absolute Gasteiger partial charge is 0.305 e. The molecule has 2 aliphatic heterocycles. The van der Waals surface area contributed by atoms with E-state index in [2.05, 4.69) is 11.1 Å². The number of rotatable bonds is 5. The molecule has 0 bridgehead atoms. The van der Waals surface area contributed by atoms with Crippen LogP contribution in [0.1, 0.15) is 42.4 Å². The smallest absolute Gasteiger partial charge is 0.283 e. The quantitative estimate of drug-likeness (QED) is 0.347. The Morgan fingerprint density at radius 1 is 1.05 bits per heavy atom. The lowest BCUT2D eigenvalue weighted by Gasteiger charge is -2.34. The first-order valence-electron chi connectivity index (χ1n) is 12.9. The maximum atomic E-state index is 15.5. The molecule has 2 aromatic carbocycles. The number of fused-ring (bicyclic) bond motifs is 3. The Morgan fingerprint density at radius 3 is 2.52 bits per heavy atom. The lowest BCUT2D eigenvalue weighted by atomic mass is 10.1. The third-order valence-electron chi connectivity index (χ3n) is 7.01. The van der Waals surface area contributed by atoms with Crippen molar-refractivity contribution in [3.8, 4) is 28.7 Å². The number of guanidine groups is 1. The Hall–Kier alpha value is -4.91. The Bertz CT molecular complexity index is 1730. The van der Waals surface area contributed by atoms with Gasteiger partial charge in [-0.25, -0.2) is 18.8 Å². The lowest BCUT2D eigenvalue weighted by Crippen LogP contribution is -2.51. The van der Waals surface area contributed by atoms with Gasteiger partial charge in [0.15, 0.2) is 5.69 Å². The number of carbonyl (C=O) groups is 1. The van der Waals surface area contributed by atoms with E-state index in [0.717, 1.165) is 5.56 Å². The fraction of sp³-hybridized carbons (Fsp3) is 0.233. The third kappa shape index (κ3) is 4.20. The normalized spacial score (nSPS) is 15.5. The van der Waals surface area contributed by atoms with Crippen molar-refractivity contribution < 1.29 is 13.6 Å². The van der Waals surface area contributed by atoms with Crippen LogP contribution in [-0.4, -0.2) is 49.9 Å². The molecule has 6 rings (SSSR count). The van der Waals surface area contributed by atoms with Gasteiger partial charge in [-0.15, -0.1) is 0 Å². The standard InChI is InChI=1S/C30H25F2N7O/c1-4-37-28(40)25-27(39-17-30(2,3)36-29(37)39)38(16-18-8-10-22(31)11-9-18)26(35-25)21-13-23(32)24(34-15-21)20-7-5-6-19(12-20)14-33/h5-13,15H,4,16-17H2,1-3H3. The zero-order valence-electron chi connectivity index (χ0n) is 22.2. The van der Waals surface area contributed by atoms with E-state index in [1.54, 1.807) is 41.3 Å². The number of hydrogen-bond acceptors (Lipinski definition) is 6. The second-order valence-corrected chi connectivity index (χ2v) is 10.4. The minimum atomic E-state index is -0.590. The van der Waals surface area contributed by atoms with E-state index in [1.165, 1.54) is 24.4 Å². The van der Waals surface area contributed by atoms with E-state index in [-0.39, 0.29) is 29.7 Å². The molecule has 2 aliphatic rings. The van der Waals surface area contributed by atoms with Crippen LogP contribution in [0.15, 0.2) is 65.8 Å². The molecule has 0 unspecified atom stereocenters. The molecule has 0 spiro atoms. The average molecular weight is 538 g/mol. The summed E-state index contributed by atoms with van der Waals surface area (Å²) in [5.41, 5.74) is 1.93. The van der Waals surface area contributed by atoms with Gasteiger partial charge in [0, 0.05) is 23.9 Å². The number of nitrogens with zero attached hydrogens (tertiary/aromatic N) is 7. The molecular formula is C30H25F2N7O. The first kappa shape index (κ1) is 25.4. The molecule has 10 heteroatoms. The highest BCUT2D eigenvalue weighted by Gasteiger charge is 2.45. The monoisotopic (exact) mass is 537 g/mol. The molecule has 0 aliphatic carbocycles. The molecule has 0 radical (unpaired) electrons. The minimum absolute atomic E-state index is 0.103. The van der Waals surface area contributed by atoms with Gasteiger partial charge in [0.1, 0.15) is 29.0 Å². The van der Waals surface area contributed by atoms with Gasteiger partial charge in [0.05, 0.1) is 30.3 Å². The zero-order chi connectivity index (χ0) is 28.2. The highest BCUT2D eigenvalue weighted by atomic mass is 19.1. The molecule has 4 aromatic rings. The predicted molar refractivity (Wildman–Crippen MR) is 147 cm³/mol. The first-order valence-corrected chi connectivity index (χ1v) is 12.9. The summed E-state index contributed by atoms with van der Waals surface area (Å²) in [6.07, 6.45) is 1.51. The molecule has 4 heterocycles. The van der Waals surface area contributed by atoms with Crippen LogP contribution in [-0.2, 0) is 6.54 Å². The summed E-state index contributed by atoms with van der Waals surface area (Å²) in [5, 5.41) is 9.23. The van der Waals surface area contributed by atoms with Crippen LogP contribution in [0.4, 0.5) is 14.6 Å². The maximum Gasteiger partial charge on any atom is 0.283 e. The number of imidazole rings is 1. The summed E-state index contributed by atoms with van der Waals surface area (Å²) in [6, 6.07) is 16.1. The molecular weight excluding hydrogens is 512 g/mol. The van der Waals surface area contributed by atoms with Gasteiger partial charge in [-0.2, -0.15) is 5.26 Å². The minimum Gasteiger partial charge on any atom is -0.305 e. The SMILES string of the molecule is CCN1C(=O)c2nc(-c3cnc(-c4cccc(C#N)c4)c(F)c3)n(Cc3ccc(F)cc3)c2N2CC(C)(C)N=C12. The number of halogens is 2. The van der Waals surface area contributed by atoms with Crippen LogP contribution in [0.25, 0.3) is 22.6 Å². The van der Waals surface area contributed by atoms with Gasteiger partial charge in [0.2, 0.25) is 5.96 Å². The number of anilines is 1. The molecule has 1 amide bonds. The summed E-state index contributed by atoms with van der Waals surface area (Å²) in [5.74, 6) is 0.228. The molecule has 2 aromatic heterocycles. The van der Waals surface area contributed by atoms with Crippen LogP contribution >= 0.6 is 0 Å². The molecule has 0 N–H and O–H groups in total. The van der Waals surface area contributed by atoms with Crippen LogP contribution in [0, 0.1) is 23.0 Å². The van der Waals surface area contributed by atoms with Gasteiger partial charge < -0.3 is 4.57 Å². The topological polar surface area (TPSA) is 90.4 Å². The third-order valence-corrected chi connectivity index (χ3v) is 7.01. The van der Waals surface area contributed by atoms with Gasteiger partial charge in [-0.3, -0.25) is 19.6 Å². The lowest BCUT2D eigenvalue weighted by molar-refractivity contribution is 0.0841. The van der Waals surface area contributed by atoms with Crippen molar-refractivity contribution in [2.75, 3.05) is 18.0 Å². The summed E-state index contributed by atoms with van der Waals surface area (Å²) in [7, 11) is 0. The van der Waals surface area contributed by atoms with Crippen molar-refractivity contribution >= 4 is 17.7 Å². The summed E-state index contributed by atoms with van der Waals surface area (Å²) >= 11 is 0. The number of benzene rings is 2. The summed E-state index contributed by atoms with van der Waals surface area (Å²) < 4.78 is 31.1. The number of aromatic nitrogens is 3. The van der Waals surface area contributed by atoms with E-state index in [9.17, 15) is 14.4 Å². The highest BCUT2D eigenvalue weighted by Crippen LogP contribution is 2.39. The molecule has 0 saturated heterocycles. The Kier molecular flexibility index (Phi) is 5.95. The molecule has 0 saturated carbocycles. The maximum absolute atomic E-state index is 15.5. The fourth-order valence-corrected chi connectivity index (χ4v) is 5.22. The average Bonchev–Trinajstić information content (AvgIpc) is 3.47. The number of carbonyl (C=O) groups excluding carboxylic acids is 1. The van der Waals surface area contributed by atoms with E-state index >= 15 is 4.39 Å². The van der Waals surface area contributed by atoms with E-state index in [0.29, 0.717) is 47.4 Å². The molecule has 40 heavy (non-hydrogen) atoms. The van der Waals surface area contributed by atoms with E-state index in [4.69, 9.17) is 9.98 Å². The Labute approximate surface area is 229 Å². The molecule has 0 fully saturated rings. The highest BCUT2D eigenvalue weighted by molar-refractivity contribution is 6.18. The van der Waals surface area contributed by atoms with Crippen molar-refractivity contribution in [1.82, 2.24) is 19.4 Å². The second-order valence-electron chi connectivity index (χ2n) is 10.4. The Balaban J connectivity index is 1.52. The summed E-state index contributed by atoms with van der Waals surface area (Å²) in [4.78, 5) is 31.2.